The van der Waals surface area contributed by atoms with Crippen molar-refractivity contribution in [2.45, 2.75) is 40.2 Å². The third-order valence-electron chi connectivity index (χ3n) is 3.31. The van der Waals surface area contributed by atoms with Crippen molar-refractivity contribution in [1.29, 1.82) is 0 Å². The highest BCUT2D eigenvalue weighted by atomic mass is 14.9. The molecule has 1 nitrogen and oxygen atoms in total. The molecule has 1 heterocycles. The maximum Gasteiger partial charge on any atom is 0.00701 e. The Bertz CT molecular complexity index is 120. The van der Waals surface area contributed by atoms with Crippen LogP contribution in [0.2, 0.25) is 0 Å². The molecule has 11 heavy (non-hydrogen) atoms. The van der Waals surface area contributed by atoms with E-state index in [9.17, 15) is 0 Å². The van der Waals surface area contributed by atoms with E-state index in [1.165, 1.54) is 13.0 Å². The summed E-state index contributed by atoms with van der Waals surface area (Å²) in [5.41, 5.74) is 0. The fraction of sp³-hybridized carbons (Fsp3) is 1.00. The van der Waals surface area contributed by atoms with E-state index < -0.39 is 0 Å². The molecule has 66 valence electrons. The second-order valence-corrected chi connectivity index (χ2v) is 4.30. The van der Waals surface area contributed by atoms with Gasteiger partial charge in [0.05, 0.1) is 0 Å². The molecule has 0 saturated carbocycles. The minimum atomic E-state index is 0.743. The van der Waals surface area contributed by atoms with E-state index in [1.54, 1.807) is 0 Å². The molecule has 1 fully saturated rings. The van der Waals surface area contributed by atoms with E-state index in [2.05, 4.69) is 33.0 Å². The third kappa shape index (κ3) is 1.96. The van der Waals surface area contributed by atoms with Gasteiger partial charge in [-0.3, -0.25) is 0 Å². The molecule has 0 aromatic heterocycles. The van der Waals surface area contributed by atoms with Gasteiger partial charge in [0.2, 0.25) is 0 Å². The summed E-state index contributed by atoms with van der Waals surface area (Å²) in [4.78, 5) is 0. The first-order valence-corrected chi connectivity index (χ1v) is 4.86. The monoisotopic (exact) mass is 155 g/mol. The summed E-state index contributed by atoms with van der Waals surface area (Å²) in [5, 5.41) is 3.51. The standard InChI is InChI=1S/C10H21N/c1-7(2)8(3)10-5-6-11-9(10)4/h7-11H,5-6H2,1-4H3/t8-,9+,10-/m0/s1. The van der Waals surface area contributed by atoms with Crippen molar-refractivity contribution in [2.75, 3.05) is 6.54 Å². The van der Waals surface area contributed by atoms with E-state index in [-0.39, 0.29) is 0 Å². The van der Waals surface area contributed by atoms with Crippen LogP contribution in [0.25, 0.3) is 0 Å². The number of rotatable bonds is 2. The molecule has 0 radical (unpaired) electrons. The fourth-order valence-corrected chi connectivity index (χ4v) is 2.09. The van der Waals surface area contributed by atoms with Crippen molar-refractivity contribution in [1.82, 2.24) is 5.32 Å². The van der Waals surface area contributed by atoms with Crippen LogP contribution < -0.4 is 5.32 Å². The van der Waals surface area contributed by atoms with E-state index in [0.717, 1.165) is 23.8 Å². The van der Waals surface area contributed by atoms with Gasteiger partial charge in [-0.2, -0.15) is 0 Å². The van der Waals surface area contributed by atoms with Gasteiger partial charge in [-0.25, -0.2) is 0 Å². The van der Waals surface area contributed by atoms with Gasteiger partial charge in [0.1, 0.15) is 0 Å². The zero-order valence-corrected chi connectivity index (χ0v) is 8.22. The summed E-state index contributed by atoms with van der Waals surface area (Å²) in [5.74, 6) is 2.62. The van der Waals surface area contributed by atoms with Gasteiger partial charge in [-0.15, -0.1) is 0 Å². The van der Waals surface area contributed by atoms with Crippen molar-refractivity contribution in [2.24, 2.45) is 17.8 Å². The van der Waals surface area contributed by atoms with E-state index >= 15 is 0 Å². The van der Waals surface area contributed by atoms with Gasteiger partial charge >= 0.3 is 0 Å². The highest BCUT2D eigenvalue weighted by molar-refractivity contribution is 4.84. The predicted octanol–water partition coefficient (Wildman–Crippen LogP) is 2.28. The lowest BCUT2D eigenvalue weighted by Gasteiger charge is -2.25. The second kappa shape index (κ2) is 3.57. The Balaban J connectivity index is 2.45. The Morgan fingerprint density at radius 3 is 2.27 bits per heavy atom. The van der Waals surface area contributed by atoms with Crippen molar-refractivity contribution in [3.8, 4) is 0 Å². The van der Waals surface area contributed by atoms with Crippen LogP contribution in [0.3, 0.4) is 0 Å². The maximum absolute atomic E-state index is 3.51. The molecule has 0 aliphatic carbocycles. The van der Waals surface area contributed by atoms with Crippen LogP contribution >= 0.6 is 0 Å². The highest BCUT2D eigenvalue weighted by Crippen LogP contribution is 2.28. The molecule has 0 spiro atoms. The van der Waals surface area contributed by atoms with Crippen LogP contribution in [0.15, 0.2) is 0 Å². The molecule has 3 atom stereocenters. The molecule has 1 saturated heterocycles. The number of hydrogen-bond donors (Lipinski definition) is 1. The van der Waals surface area contributed by atoms with Crippen LogP contribution in [0.1, 0.15) is 34.1 Å². The quantitative estimate of drug-likeness (QED) is 0.645. The van der Waals surface area contributed by atoms with Crippen LogP contribution in [-0.2, 0) is 0 Å². The molecule has 1 aliphatic heterocycles. The summed E-state index contributed by atoms with van der Waals surface area (Å²) in [7, 11) is 0. The lowest BCUT2D eigenvalue weighted by Crippen LogP contribution is -2.28. The predicted molar refractivity (Wildman–Crippen MR) is 49.6 cm³/mol. The molecule has 0 aromatic rings. The summed E-state index contributed by atoms with van der Waals surface area (Å²) in [6, 6.07) is 0.743. The van der Waals surface area contributed by atoms with Crippen LogP contribution in [-0.4, -0.2) is 12.6 Å². The molecule has 1 aliphatic rings. The first-order valence-electron chi connectivity index (χ1n) is 4.86. The lowest BCUT2D eigenvalue weighted by molar-refractivity contribution is 0.261. The zero-order valence-electron chi connectivity index (χ0n) is 8.22. The van der Waals surface area contributed by atoms with Gasteiger partial charge in [0.15, 0.2) is 0 Å². The molecule has 0 amide bonds. The third-order valence-corrected chi connectivity index (χ3v) is 3.31. The lowest BCUT2D eigenvalue weighted by atomic mass is 9.81. The molecule has 1 heteroatoms. The molecule has 1 N–H and O–H groups in total. The Morgan fingerprint density at radius 2 is 1.91 bits per heavy atom. The minimum absolute atomic E-state index is 0.743. The summed E-state index contributed by atoms with van der Waals surface area (Å²) < 4.78 is 0. The van der Waals surface area contributed by atoms with Gasteiger partial charge in [-0.1, -0.05) is 20.8 Å². The van der Waals surface area contributed by atoms with Crippen LogP contribution in [0.5, 0.6) is 0 Å². The van der Waals surface area contributed by atoms with Gasteiger partial charge < -0.3 is 5.32 Å². The Labute approximate surface area is 70.6 Å². The summed E-state index contributed by atoms with van der Waals surface area (Å²) >= 11 is 0. The molecule has 0 bridgehead atoms. The van der Waals surface area contributed by atoms with E-state index in [4.69, 9.17) is 0 Å². The summed E-state index contributed by atoms with van der Waals surface area (Å²) in [6.07, 6.45) is 1.38. The normalized spacial score (nSPS) is 34.6. The largest absolute Gasteiger partial charge is 0.314 e. The maximum atomic E-state index is 3.51. The first kappa shape index (κ1) is 9.05. The summed E-state index contributed by atoms with van der Waals surface area (Å²) in [6.45, 7) is 10.6. The molecule has 0 unspecified atom stereocenters. The molecule has 0 aromatic carbocycles. The highest BCUT2D eigenvalue weighted by Gasteiger charge is 2.29. The first-order chi connectivity index (χ1) is 5.13. The van der Waals surface area contributed by atoms with Gasteiger partial charge in [0.25, 0.3) is 0 Å². The van der Waals surface area contributed by atoms with Gasteiger partial charge in [-0.05, 0) is 37.6 Å². The minimum Gasteiger partial charge on any atom is -0.314 e. The smallest absolute Gasteiger partial charge is 0.00701 e. The SMILES string of the molecule is CC(C)[C@H](C)[C@@H]1CCN[C@@H]1C. The van der Waals surface area contributed by atoms with Crippen molar-refractivity contribution in [3.05, 3.63) is 0 Å². The van der Waals surface area contributed by atoms with E-state index in [0.29, 0.717) is 0 Å². The van der Waals surface area contributed by atoms with Gasteiger partial charge in [0, 0.05) is 6.04 Å². The zero-order chi connectivity index (χ0) is 8.43. The van der Waals surface area contributed by atoms with Crippen molar-refractivity contribution < 1.29 is 0 Å². The average molecular weight is 155 g/mol. The van der Waals surface area contributed by atoms with E-state index in [1.807, 2.05) is 0 Å². The molecular formula is C10H21N. The number of hydrogen-bond acceptors (Lipinski definition) is 1. The van der Waals surface area contributed by atoms with Crippen LogP contribution in [0, 0.1) is 17.8 Å². The number of nitrogens with one attached hydrogen (secondary N) is 1. The Kier molecular flexibility index (Phi) is 2.94. The topological polar surface area (TPSA) is 12.0 Å². The molecular weight excluding hydrogens is 134 g/mol. The molecule has 1 rings (SSSR count). The fourth-order valence-electron chi connectivity index (χ4n) is 2.09. The Hall–Kier alpha value is -0.0400. The van der Waals surface area contributed by atoms with Crippen molar-refractivity contribution >= 4 is 0 Å². The Morgan fingerprint density at radius 1 is 1.27 bits per heavy atom. The van der Waals surface area contributed by atoms with Crippen LogP contribution in [0.4, 0.5) is 0 Å². The average Bonchev–Trinajstić information content (AvgIpc) is 2.33. The second-order valence-electron chi connectivity index (χ2n) is 4.30. The van der Waals surface area contributed by atoms with Crippen molar-refractivity contribution in [3.63, 3.8) is 0 Å².